The van der Waals surface area contributed by atoms with Gasteiger partial charge in [-0.05, 0) is 24.6 Å². The number of aliphatic imine (C=N–C) groups is 2. The second kappa shape index (κ2) is 5.35. The number of guanidine groups is 2. The van der Waals surface area contributed by atoms with Crippen LogP contribution in [-0.2, 0) is 0 Å². The predicted octanol–water partition coefficient (Wildman–Crippen LogP) is 1.13. The average Bonchev–Trinajstić information content (AvgIpc) is 2.81. The van der Waals surface area contributed by atoms with E-state index in [2.05, 4.69) is 9.98 Å². The summed E-state index contributed by atoms with van der Waals surface area (Å²) in [6, 6.07) is 7.75. The SMILES string of the molecule is Cc1cccc(N=C(N)N=C(N)N2CC=CC2)c1. The van der Waals surface area contributed by atoms with Gasteiger partial charge in [0.2, 0.25) is 5.96 Å². The monoisotopic (exact) mass is 243 g/mol. The van der Waals surface area contributed by atoms with Crippen molar-refractivity contribution in [2.45, 2.75) is 6.92 Å². The number of aryl methyl sites for hydroxylation is 1. The van der Waals surface area contributed by atoms with Gasteiger partial charge < -0.3 is 16.4 Å². The van der Waals surface area contributed by atoms with E-state index >= 15 is 0 Å². The van der Waals surface area contributed by atoms with Crippen LogP contribution < -0.4 is 11.5 Å². The molecule has 4 N–H and O–H groups in total. The molecular weight excluding hydrogens is 226 g/mol. The molecule has 1 aromatic rings. The Kier molecular flexibility index (Phi) is 3.62. The minimum atomic E-state index is 0.171. The molecule has 0 unspecified atom stereocenters. The topological polar surface area (TPSA) is 80.0 Å². The molecule has 0 aromatic heterocycles. The van der Waals surface area contributed by atoms with Gasteiger partial charge >= 0.3 is 0 Å². The molecular formula is C13H17N5. The van der Waals surface area contributed by atoms with Crippen LogP contribution in [0.4, 0.5) is 5.69 Å². The molecule has 2 rings (SSSR count). The van der Waals surface area contributed by atoms with Crippen molar-refractivity contribution in [1.82, 2.24) is 4.90 Å². The third-order valence-electron chi connectivity index (χ3n) is 2.62. The van der Waals surface area contributed by atoms with Gasteiger partial charge in [0.25, 0.3) is 0 Å². The normalized spacial score (nSPS) is 16.4. The summed E-state index contributed by atoms with van der Waals surface area (Å²) in [5.41, 5.74) is 13.5. The van der Waals surface area contributed by atoms with Gasteiger partial charge in [0.15, 0.2) is 5.96 Å². The standard InChI is InChI=1S/C13H17N5/c1-10-5-4-6-11(9-10)16-12(14)17-13(15)18-7-2-3-8-18/h2-6,9H,7-8H2,1H3,(H4,14,15,16,17). The number of rotatable bonds is 1. The van der Waals surface area contributed by atoms with Crippen LogP contribution in [-0.4, -0.2) is 29.9 Å². The van der Waals surface area contributed by atoms with Crippen molar-refractivity contribution in [3.63, 3.8) is 0 Å². The van der Waals surface area contributed by atoms with Gasteiger partial charge in [-0.15, -0.1) is 0 Å². The Morgan fingerprint density at radius 1 is 1.22 bits per heavy atom. The van der Waals surface area contributed by atoms with E-state index in [1.807, 2.05) is 48.2 Å². The van der Waals surface area contributed by atoms with Crippen molar-refractivity contribution < 1.29 is 0 Å². The molecule has 5 nitrogen and oxygen atoms in total. The number of benzene rings is 1. The summed E-state index contributed by atoms with van der Waals surface area (Å²) < 4.78 is 0. The molecule has 94 valence electrons. The summed E-state index contributed by atoms with van der Waals surface area (Å²) in [5, 5.41) is 0. The predicted molar refractivity (Wildman–Crippen MR) is 74.8 cm³/mol. The van der Waals surface area contributed by atoms with E-state index in [1.165, 1.54) is 0 Å². The molecule has 5 heteroatoms. The molecule has 0 saturated carbocycles. The first-order valence-corrected chi connectivity index (χ1v) is 5.80. The maximum absolute atomic E-state index is 5.84. The van der Waals surface area contributed by atoms with Gasteiger partial charge in [0.05, 0.1) is 5.69 Å². The van der Waals surface area contributed by atoms with Crippen LogP contribution in [0.25, 0.3) is 0 Å². The molecule has 0 atom stereocenters. The largest absolute Gasteiger partial charge is 0.369 e. The smallest absolute Gasteiger partial charge is 0.223 e. The third-order valence-corrected chi connectivity index (χ3v) is 2.62. The van der Waals surface area contributed by atoms with Crippen molar-refractivity contribution in [2.75, 3.05) is 13.1 Å². The zero-order valence-electron chi connectivity index (χ0n) is 10.4. The third kappa shape index (κ3) is 3.10. The van der Waals surface area contributed by atoms with Gasteiger partial charge in [0.1, 0.15) is 0 Å². The maximum Gasteiger partial charge on any atom is 0.223 e. The van der Waals surface area contributed by atoms with E-state index in [0.29, 0.717) is 5.96 Å². The lowest BCUT2D eigenvalue weighted by atomic mass is 10.2. The molecule has 0 fully saturated rings. The highest BCUT2D eigenvalue weighted by Crippen LogP contribution is 2.13. The lowest BCUT2D eigenvalue weighted by Crippen LogP contribution is -2.36. The van der Waals surface area contributed by atoms with E-state index in [-0.39, 0.29) is 5.96 Å². The molecule has 0 aliphatic carbocycles. The van der Waals surface area contributed by atoms with Gasteiger partial charge in [-0.3, -0.25) is 0 Å². The van der Waals surface area contributed by atoms with Crippen LogP contribution >= 0.6 is 0 Å². The van der Waals surface area contributed by atoms with E-state index in [4.69, 9.17) is 11.5 Å². The first-order chi connectivity index (χ1) is 8.65. The summed E-state index contributed by atoms with van der Waals surface area (Å²) in [6.45, 7) is 3.54. The molecule has 1 aromatic carbocycles. The van der Waals surface area contributed by atoms with Gasteiger partial charge in [-0.2, -0.15) is 4.99 Å². The number of hydrogen-bond acceptors (Lipinski definition) is 1. The Morgan fingerprint density at radius 3 is 2.61 bits per heavy atom. The van der Waals surface area contributed by atoms with Crippen LogP contribution in [0.3, 0.4) is 0 Å². The highest BCUT2D eigenvalue weighted by atomic mass is 15.3. The Morgan fingerprint density at radius 2 is 1.94 bits per heavy atom. The second-order valence-corrected chi connectivity index (χ2v) is 4.16. The molecule has 0 spiro atoms. The lowest BCUT2D eigenvalue weighted by molar-refractivity contribution is 0.534. The fourth-order valence-electron chi connectivity index (χ4n) is 1.71. The van der Waals surface area contributed by atoms with Crippen molar-refractivity contribution in [1.29, 1.82) is 0 Å². The summed E-state index contributed by atoms with van der Waals surface area (Å²) in [7, 11) is 0. The van der Waals surface area contributed by atoms with E-state index in [9.17, 15) is 0 Å². The zero-order valence-corrected chi connectivity index (χ0v) is 10.4. The Bertz CT molecular complexity index is 508. The molecule has 0 radical (unpaired) electrons. The van der Waals surface area contributed by atoms with Crippen LogP contribution in [0.5, 0.6) is 0 Å². The summed E-state index contributed by atoms with van der Waals surface area (Å²) in [4.78, 5) is 10.2. The average molecular weight is 243 g/mol. The Balaban J connectivity index is 2.11. The molecule has 1 aliphatic heterocycles. The van der Waals surface area contributed by atoms with E-state index in [1.54, 1.807) is 0 Å². The van der Waals surface area contributed by atoms with Crippen molar-refractivity contribution in [2.24, 2.45) is 21.5 Å². The Hall–Kier alpha value is -2.30. The maximum atomic E-state index is 5.84. The molecule has 0 saturated heterocycles. The summed E-state index contributed by atoms with van der Waals surface area (Å²) >= 11 is 0. The number of hydrogen-bond donors (Lipinski definition) is 2. The lowest BCUT2D eigenvalue weighted by Gasteiger charge is -2.15. The van der Waals surface area contributed by atoms with Crippen LogP contribution in [0.1, 0.15) is 5.56 Å². The van der Waals surface area contributed by atoms with Crippen molar-refractivity contribution in [3.05, 3.63) is 42.0 Å². The van der Waals surface area contributed by atoms with Gasteiger partial charge in [-0.1, -0.05) is 24.3 Å². The molecule has 0 amide bonds. The van der Waals surface area contributed by atoms with Crippen LogP contribution in [0.15, 0.2) is 46.4 Å². The molecule has 1 aliphatic rings. The molecule has 1 heterocycles. The summed E-state index contributed by atoms with van der Waals surface area (Å²) in [6.07, 6.45) is 4.08. The van der Waals surface area contributed by atoms with Gasteiger partial charge in [-0.25, -0.2) is 4.99 Å². The van der Waals surface area contributed by atoms with Crippen molar-refractivity contribution in [3.8, 4) is 0 Å². The quantitative estimate of drug-likeness (QED) is 0.441. The second-order valence-electron chi connectivity index (χ2n) is 4.16. The van der Waals surface area contributed by atoms with E-state index < -0.39 is 0 Å². The minimum absolute atomic E-state index is 0.171. The first kappa shape index (κ1) is 12.2. The zero-order chi connectivity index (χ0) is 13.0. The first-order valence-electron chi connectivity index (χ1n) is 5.80. The van der Waals surface area contributed by atoms with Gasteiger partial charge in [0, 0.05) is 13.1 Å². The van der Waals surface area contributed by atoms with Crippen LogP contribution in [0, 0.1) is 6.92 Å². The van der Waals surface area contributed by atoms with Crippen molar-refractivity contribution >= 4 is 17.6 Å². The molecule has 18 heavy (non-hydrogen) atoms. The Labute approximate surface area is 107 Å². The minimum Gasteiger partial charge on any atom is -0.369 e. The number of nitrogens with zero attached hydrogens (tertiary/aromatic N) is 3. The fourth-order valence-corrected chi connectivity index (χ4v) is 1.71. The molecule has 0 bridgehead atoms. The summed E-state index contributed by atoms with van der Waals surface area (Å²) in [5.74, 6) is 0.568. The fraction of sp³-hybridized carbons (Fsp3) is 0.231. The highest BCUT2D eigenvalue weighted by molar-refractivity contribution is 5.94. The van der Waals surface area contributed by atoms with Crippen LogP contribution in [0.2, 0.25) is 0 Å². The highest BCUT2D eigenvalue weighted by Gasteiger charge is 2.08. The number of nitrogens with two attached hydrogens (primary N) is 2. The van der Waals surface area contributed by atoms with E-state index in [0.717, 1.165) is 24.3 Å².